The van der Waals surface area contributed by atoms with Gasteiger partial charge >= 0.3 is 0 Å². The van der Waals surface area contributed by atoms with Crippen molar-refractivity contribution in [2.45, 2.75) is 25.8 Å². The molecular formula is C14H19N3O. The van der Waals surface area contributed by atoms with Crippen molar-refractivity contribution in [1.29, 1.82) is 5.26 Å². The molecule has 0 aliphatic heterocycles. The van der Waals surface area contributed by atoms with E-state index in [9.17, 15) is 4.79 Å². The standard InChI is InChI=1S/C14H19N3O/c1-14(2,16-13(18)9-10-15)11-17(3)12-7-5-4-6-8-12/h4-8H,9,11H2,1-3H3,(H,16,18). The first-order chi connectivity index (χ1) is 8.44. The molecule has 0 spiro atoms. The SMILES string of the molecule is CN(CC(C)(C)NC(=O)CC#N)c1ccccc1. The van der Waals surface area contributed by atoms with E-state index in [0.717, 1.165) is 5.69 Å². The predicted octanol–water partition coefficient (Wildman–Crippen LogP) is 1.93. The third-order valence-corrected chi connectivity index (χ3v) is 2.55. The number of benzene rings is 1. The van der Waals surface area contributed by atoms with Crippen LogP contribution in [-0.4, -0.2) is 25.0 Å². The summed E-state index contributed by atoms with van der Waals surface area (Å²) in [5.74, 6) is -0.232. The lowest BCUT2D eigenvalue weighted by Gasteiger charge is -2.32. The van der Waals surface area contributed by atoms with Gasteiger partial charge in [-0.1, -0.05) is 18.2 Å². The largest absolute Gasteiger partial charge is 0.372 e. The maximum Gasteiger partial charge on any atom is 0.234 e. The Labute approximate surface area is 108 Å². The van der Waals surface area contributed by atoms with Crippen molar-refractivity contribution in [2.75, 3.05) is 18.5 Å². The Morgan fingerprint density at radius 2 is 2.00 bits per heavy atom. The van der Waals surface area contributed by atoms with Gasteiger partial charge in [-0.05, 0) is 26.0 Å². The van der Waals surface area contributed by atoms with Crippen molar-refractivity contribution >= 4 is 11.6 Å². The van der Waals surface area contributed by atoms with Crippen LogP contribution in [0.3, 0.4) is 0 Å². The second-order valence-corrected chi connectivity index (χ2v) is 4.96. The molecule has 1 aromatic carbocycles. The van der Waals surface area contributed by atoms with Crippen molar-refractivity contribution < 1.29 is 4.79 Å². The molecule has 0 aliphatic carbocycles. The number of anilines is 1. The van der Waals surface area contributed by atoms with Crippen LogP contribution in [-0.2, 0) is 4.79 Å². The van der Waals surface area contributed by atoms with E-state index in [-0.39, 0.29) is 17.9 Å². The smallest absolute Gasteiger partial charge is 0.234 e. The monoisotopic (exact) mass is 245 g/mol. The fraction of sp³-hybridized carbons (Fsp3) is 0.429. The number of carbonyl (C=O) groups excluding carboxylic acids is 1. The normalized spacial score (nSPS) is 10.6. The number of likely N-dealkylation sites (N-methyl/N-ethyl adjacent to an activating group) is 1. The molecule has 4 heteroatoms. The number of nitriles is 1. The van der Waals surface area contributed by atoms with Gasteiger partial charge in [-0.3, -0.25) is 4.79 Å². The van der Waals surface area contributed by atoms with Crippen LogP contribution in [0.2, 0.25) is 0 Å². The quantitative estimate of drug-likeness (QED) is 0.862. The van der Waals surface area contributed by atoms with Crippen LogP contribution in [0.1, 0.15) is 20.3 Å². The average molecular weight is 245 g/mol. The van der Waals surface area contributed by atoms with E-state index >= 15 is 0 Å². The predicted molar refractivity (Wildman–Crippen MR) is 72.2 cm³/mol. The molecular weight excluding hydrogens is 226 g/mol. The number of hydrogen-bond acceptors (Lipinski definition) is 3. The number of nitrogens with zero attached hydrogens (tertiary/aromatic N) is 2. The molecule has 0 bridgehead atoms. The van der Waals surface area contributed by atoms with Crippen LogP contribution >= 0.6 is 0 Å². The fourth-order valence-corrected chi connectivity index (χ4v) is 1.90. The third-order valence-electron chi connectivity index (χ3n) is 2.55. The molecule has 0 saturated carbocycles. The van der Waals surface area contributed by atoms with Crippen LogP contribution < -0.4 is 10.2 Å². The third kappa shape index (κ3) is 4.46. The summed E-state index contributed by atoms with van der Waals surface area (Å²) in [6.07, 6.45) is -0.0987. The number of hydrogen-bond donors (Lipinski definition) is 1. The number of amides is 1. The van der Waals surface area contributed by atoms with Crippen LogP contribution in [0.25, 0.3) is 0 Å². The van der Waals surface area contributed by atoms with Gasteiger partial charge in [-0.15, -0.1) is 0 Å². The van der Waals surface area contributed by atoms with E-state index in [0.29, 0.717) is 6.54 Å². The minimum Gasteiger partial charge on any atom is -0.372 e. The summed E-state index contributed by atoms with van der Waals surface area (Å²) in [5.41, 5.74) is 0.721. The van der Waals surface area contributed by atoms with Gasteiger partial charge in [0.1, 0.15) is 6.42 Å². The van der Waals surface area contributed by atoms with E-state index in [1.165, 1.54) is 0 Å². The Balaban J connectivity index is 2.60. The average Bonchev–Trinajstić information content (AvgIpc) is 2.29. The van der Waals surface area contributed by atoms with E-state index in [1.54, 1.807) is 0 Å². The van der Waals surface area contributed by atoms with Gasteiger partial charge in [0.25, 0.3) is 0 Å². The number of nitrogens with one attached hydrogen (secondary N) is 1. The zero-order valence-corrected chi connectivity index (χ0v) is 11.1. The molecule has 18 heavy (non-hydrogen) atoms. The summed E-state index contributed by atoms with van der Waals surface area (Å²) in [5, 5.41) is 11.3. The molecule has 1 aromatic rings. The molecule has 4 nitrogen and oxygen atoms in total. The van der Waals surface area contributed by atoms with Gasteiger partial charge in [-0.2, -0.15) is 5.26 Å². The first-order valence-corrected chi connectivity index (χ1v) is 5.89. The summed E-state index contributed by atoms with van der Waals surface area (Å²) in [4.78, 5) is 13.5. The second kappa shape index (κ2) is 6.06. The summed E-state index contributed by atoms with van der Waals surface area (Å²) in [7, 11) is 1.98. The Bertz CT molecular complexity index is 434. The van der Waals surface area contributed by atoms with Crippen molar-refractivity contribution in [3.05, 3.63) is 30.3 Å². The van der Waals surface area contributed by atoms with Gasteiger partial charge in [0.2, 0.25) is 5.91 Å². The molecule has 0 fully saturated rings. The zero-order chi connectivity index (χ0) is 13.6. The Morgan fingerprint density at radius 3 is 2.56 bits per heavy atom. The number of para-hydroxylation sites is 1. The molecule has 0 aliphatic rings. The van der Waals surface area contributed by atoms with Crippen LogP contribution in [0.15, 0.2) is 30.3 Å². The highest BCUT2D eigenvalue weighted by Crippen LogP contribution is 2.14. The maximum atomic E-state index is 11.4. The highest BCUT2D eigenvalue weighted by molar-refractivity contribution is 5.78. The molecule has 0 unspecified atom stereocenters. The molecule has 1 amide bonds. The molecule has 1 rings (SSSR count). The van der Waals surface area contributed by atoms with Crippen molar-refractivity contribution in [1.82, 2.24) is 5.32 Å². The summed E-state index contributed by atoms with van der Waals surface area (Å²) in [6.45, 7) is 4.57. The van der Waals surface area contributed by atoms with Gasteiger partial charge in [-0.25, -0.2) is 0 Å². The van der Waals surface area contributed by atoms with E-state index in [2.05, 4.69) is 10.2 Å². The Kier molecular flexibility index (Phi) is 4.73. The van der Waals surface area contributed by atoms with Gasteiger partial charge in [0, 0.05) is 19.3 Å². The number of carbonyl (C=O) groups is 1. The lowest BCUT2D eigenvalue weighted by Crippen LogP contribution is -2.50. The van der Waals surface area contributed by atoms with Gasteiger partial charge < -0.3 is 10.2 Å². The molecule has 96 valence electrons. The minimum absolute atomic E-state index is 0.0987. The van der Waals surface area contributed by atoms with E-state index < -0.39 is 0 Å². The highest BCUT2D eigenvalue weighted by Gasteiger charge is 2.22. The zero-order valence-electron chi connectivity index (χ0n) is 11.1. The highest BCUT2D eigenvalue weighted by atomic mass is 16.1. The minimum atomic E-state index is -0.376. The van der Waals surface area contributed by atoms with Crippen molar-refractivity contribution in [3.63, 3.8) is 0 Å². The van der Waals surface area contributed by atoms with Crippen LogP contribution in [0, 0.1) is 11.3 Å². The van der Waals surface area contributed by atoms with Crippen LogP contribution in [0.5, 0.6) is 0 Å². The summed E-state index contributed by atoms with van der Waals surface area (Å²) >= 11 is 0. The molecule has 0 heterocycles. The lowest BCUT2D eigenvalue weighted by molar-refractivity contribution is -0.121. The molecule has 0 atom stereocenters. The Hall–Kier alpha value is -2.02. The second-order valence-electron chi connectivity index (χ2n) is 4.96. The maximum absolute atomic E-state index is 11.4. The Morgan fingerprint density at radius 1 is 1.39 bits per heavy atom. The van der Waals surface area contributed by atoms with Crippen LogP contribution in [0.4, 0.5) is 5.69 Å². The van der Waals surface area contributed by atoms with Crippen molar-refractivity contribution in [2.24, 2.45) is 0 Å². The lowest BCUT2D eigenvalue weighted by atomic mass is 10.0. The summed E-state index contributed by atoms with van der Waals surface area (Å²) in [6, 6.07) is 11.8. The van der Waals surface area contributed by atoms with Crippen molar-refractivity contribution in [3.8, 4) is 6.07 Å². The fourth-order valence-electron chi connectivity index (χ4n) is 1.90. The summed E-state index contributed by atoms with van der Waals surface area (Å²) < 4.78 is 0. The molecule has 1 N–H and O–H groups in total. The van der Waals surface area contributed by atoms with E-state index in [1.807, 2.05) is 57.3 Å². The number of rotatable bonds is 5. The first kappa shape index (κ1) is 14.0. The van der Waals surface area contributed by atoms with Gasteiger partial charge in [0.05, 0.1) is 11.6 Å². The van der Waals surface area contributed by atoms with Gasteiger partial charge in [0.15, 0.2) is 0 Å². The topological polar surface area (TPSA) is 56.1 Å². The van der Waals surface area contributed by atoms with E-state index in [4.69, 9.17) is 5.26 Å². The molecule has 0 aromatic heterocycles. The molecule has 0 saturated heterocycles. The first-order valence-electron chi connectivity index (χ1n) is 5.89. The molecule has 0 radical (unpaired) electrons.